The summed E-state index contributed by atoms with van der Waals surface area (Å²) in [6.07, 6.45) is 4.07. The van der Waals surface area contributed by atoms with Crippen LogP contribution in [0.5, 0.6) is 0 Å². The van der Waals surface area contributed by atoms with Gasteiger partial charge in [0.1, 0.15) is 11.0 Å². The monoisotopic (exact) mass is 226 g/mol. The molecule has 0 spiro atoms. The highest BCUT2D eigenvalue weighted by molar-refractivity contribution is 6.29. The summed E-state index contributed by atoms with van der Waals surface area (Å²) in [7, 11) is 0. The van der Waals surface area contributed by atoms with E-state index >= 15 is 0 Å². The average molecular weight is 227 g/mol. The molecule has 2 rings (SSSR count). The minimum Gasteiger partial charge on any atom is -0.352 e. The minimum atomic E-state index is 0.394. The first kappa shape index (κ1) is 10.2. The van der Waals surface area contributed by atoms with E-state index in [2.05, 4.69) is 14.9 Å². The molecule has 0 radical (unpaired) electrons. The summed E-state index contributed by atoms with van der Waals surface area (Å²) in [6, 6.07) is 0. The Morgan fingerprint density at radius 3 is 2.60 bits per heavy atom. The van der Waals surface area contributed by atoms with Crippen molar-refractivity contribution in [1.29, 1.82) is 0 Å². The zero-order valence-electron chi connectivity index (χ0n) is 8.14. The van der Waals surface area contributed by atoms with Crippen LogP contribution in [0.1, 0.15) is 0 Å². The topological polar surface area (TPSA) is 49.3 Å². The Morgan fingerprint density at radius 2 is 2.00 bits per heavy atom. The summed E-state index contributed by atoms with van der Waals surface area (Å²) in [6.45, 7) is 2.98. The van der Waals surface area contributed by atoms with Crippen LogP contribution in [0.4, 0.5) is 5.82 Å². The number of hydrogen-bond acceptors (Lipinski definition) is 4. The fourth-order valence-corrected chi connectivity index (χ4v) is 1.68. The molecule has 5 nitrogen and oxygen atoms in total. The van der Waals surface area contributed by atoms with Gasteiger partial charge in [-0.05, 0) is 0 Å². The van der Waals surface area contributed by atoms with E-state index in [1.807, 2.05) is 0 Å². The van der Waals surface area contributed by atoms with Crippen molar-refractivity contribution in [2.24, 2.45) is 0 Å². The quantitative estimate of drug-likeness (QED) is 0.686. The summed E-state index contributed by atoms with van der Waals surface area (Å²) in [5.74, 6) is 0.771. The van der Waals surface area contributed by atoms with E-state index in [9.17, 15) is 4.79 Å². The Hall–Kier alpha value is -1.36. The molecular weight excluding hydrogens is 216 g/mol. The van der Waals surface area contributed by atoms with Gasteiger partial charge < -0.3 is 9.80 Å². The third-order valence-electron chi connectivity index (χ3n) is 2.38. The number of hydrogen-bond donors (Lipinski definition) is 0. The number of carbonyl (C=O) groups excluding carboxylic acids is 1. The van der Waals surface area contributed by atoms with Gasteiger partial charge in [0.2, 0.25) is 6.41 Å². The molecule has 0 unspecified atom stereocenters. The third-order valence-corrected chi connectivity index (χ3v) is 2.56. The van der Waals surface area contributed by atoms with Crippen LogP contribution >= 0.6 is 11.6 Å². The van der Waals surface area contributed by atoms with Crippen LogP contribution in [0.25, 0.3) is 0 Å². The molecule has 80 valence electrons. The molecule has 6 heteroatoms. The first-order chi connectivity index (χ1) is 7.29. The van der Waals surface area contributed by atoms with E-state index in [1.165, 1.54) is 6.20 Å². The summed E-state index contributed by atoms with van der Waals surface area (Å²) >= 11 is 5.75. The lowest BCUT2D eigenvalue weighted by Crippen LogP contribution is -2.46. The van der Waals surface area contributed by atoms with Crippen LogP contribution in [0, 0.1) is 0 Å². The van der Waals surface area contributed by atoms with E-state index < -0.39 is 0 Å². The van der Waals surface area contributed by atoms with Crippen molar-refractivity contribution in [2.75, 3.05) is 31.1 Å². The Balaban J connectivity index is 2.04. The normalized spacial score (nSPS) is 16.6. The molecule has 0 N–H and O–H groups in total. The van der Waals surface area contributed by atoms with Crippen LogP contribution in [-0.2, 0) is 4.79 Å². The summed E-state index contributed by atoms with van der Waals surface area (Å²) in [5.41, 5.74) is 0. The first-order valence-corrected chi connectivity index (χ1v) is 5.09. The molecule has 1 aromatic rings. The number of amides is 1. The molecule has 1 aromatic heterocycles. The van der Waals surface area contributed by atoms with E-state index in [4.69, 9.17) is 11.6 Å². The van der Waals surface area contributed by atoms with Crippen molar-refractivity contribution in [3.63, 3.8) is 0 Å². The zero-order chi connectivity index (χ0) is 10.7. The highest BCUT2D eigenvalue weighted by Gasteiger charge is 2.16. The van der Waals surface area contributed by atoms with Crippen LogP contribution in [0.2, 0.25) is 5.15 Å². The summed E-state index contributed by atoms with van der Waals surface area (Å²) in [4.78, 5) is 22.5. The standard InChI is InChI=1S/C9H11ClN4O/c10-8-5-11-6-9(12-8)14-3-1-13(7-15)2-4-14/h5-7H,1-4H2. The van der Waals surface area contributed by atoms with Gasteiger partial charge in [-0.2, -0.15) is 0 Å². The second-order valence-electron chi connectivity index (χ2n) is 3.33. The van der Waals surface area contributed by atoms with Crippen LogP contribution in [0.15, 0.2) is 12.4 Å². The maximum atomic E-state index is 10.5. The van der Waals surface area contributed by atoms with Crippen LogP contribution in [0.3, 0.4) is 0 Å². The molecule has 2 heterocycles. The third kappa shape index (κ3) is 2.36. The number of rotatable bonds is 2. The lowest BCUT2D eigenvalue weighted by atomic mass is 10.3. The largest absolute Gasteiger partial charge is 0.352 e. The van der Waals surface area contributed by atoms with Crippen molar-refractivity contribution in [3.8, 4) is 0 Å². The highest BCUT2D eigenvalue weighted by Crippen LogP contribution is 2.14. The Bertz CT molecular complexity index is 352. The Morgan fingerprint density at radius 1 is 1.27 bits per heavy atom. The molecule has 1 amide bonds. The number of halogens is 1. The molecule has 1 fully saturated rings. The van der Waals surface area contributed by atoms with E-state index in [0.29, 0.717) is 5.15 Å². The molecule has 15 heavy (non-hydrogen) atoms. The van der Waals surface area contributed by atoms with Gasteiger partial charge in [0.05, 0.1) is 12.4 Å². The number of aromatic nitrogens is 2. The molecule has 0 saturated carbocycles. The SMILES string of the molecule is O=CN1CCN(c2cncc(Cl)n2)CC1. The fourth-order valence-electron chi connectivity index (χ4n) is 1.54. The maximum Gasteiger partial charge on any atom is 0.209 e. The van der Waals surface area contributed by atoms with E-state index in [1.54, 1.807) is 11.1 Å². The molecular formula is C9H11ClN4O. The highest BCUT2D eigenvalue weighted by atomic mass is 35.5. The second-order valence-corrected chi connectivity index (χ2v) is 3.72. The minimum absolute atomic E-state index is 0.394. The Kier molecular flexibility index (Phi) is 3.01. The smallest absolute Gasteiger partial charge is 0.209 e. The number of anilines is 1. The zero-order valence-corrected chi connectivity index (χ0v) is 8.89. The molecule has 0 aromatic carbocycles. The second kappa shape index (κ2) is 4.44. The van der Waals surface area contributed by atoms with E-state index in [-0.39, 0.29) is 0 Å². The van der Waals surface area contributed by atoms with E-state index in [0.717, 1.165) is 38.4 Å². The fraction of sp³-hybridized carbons (Fsp3) is 0.444. The van der Waals surface area contributed by atoms with Gasteiger partial charge in [-0.1, -0.05) is 11.6 Å². The number of carbonyl (C=O) groups is 1. The van der Waals surface area contributed by atoms with Gasteiger partial charge in [-0.3, -0.25) is 9.78 Å². The summed E-state index contributed by atoms with van der Waals surface area (Å²) < 4.78 is 0. The van der Waals surface area contributed by atoms with Crippen molar-refractivity contribution in [1.82, 2.24) is 14.9 Å². The van der Waals surface area contributed by atoms with Gasteiger partial charge in [0.25, 0.3) is 0 Å². The molecule has 0 aliphatic carbocycles. The van der Waals surface area contributed by atoms with Crippen molar-refractivity contribution in [2.45, 2.75) is 0 Å². The Labute approximate surface area is 92.7 Å². The maximum absolute atomic E-state index is 10.5. The molecule has 0 atom stereocenters. The van der Waals surface area contributed by atoms with Gasteiger partial charge in [-0.15, -0.1) is 0 Å². The predicted octanol–water partition coefficient (Wildman–Crippen LogP) is 0.408. The predicted molar refractivity (Wildman–Crippen MR) is 56.9 cm³/mol. The lowest BCUT2D eigenvalue weighted by Gasteiger charge is -2.33. The molecule has 1 aliphatic rings. The van der Waals surface area contributed by atoms with Gasteiger partial charge in [-0.25, -0.2) is 4.98 Å². The average Bonchev–Trinajstić information content (AvgIpc) is 2.29. The van der Waals surface area contributed by atoms with Crippen molar-refractivity contribution < 1.29 is 4.79 Å². The molecule has 0 bridgehead atoms. The van der Waals surface area contributed by atoms with Gasteiger partial charge in [0, 0.05) is 26.2 Å². The van der Waals surface area contributed by atoms with Gasteiger partial charge >= 0.3 is 0 Å². The lowest BCUT2D eigenvalue weighted by molar-refractivity contribution is -0.118. The van der Waals surface area contributed by atoms with Crippen molar-refractivity contribution in [3.05, 3.63) is 17.5 Å². The molecule has 1 aliphatic heterocycles. The van der Waals surface area contributed by atoms with Crippen molar-refractivity contribution >= 4 is 23.8 Å². The van der Waals surface area contributed by atoms with Crippen LogP contribution in [-0.4, -0.2) is 47.5 Å². The number of piperazine rings is 1. The van der Waals surface area contributed by atoms with Gasteiger partial charge in [0.15, 0.2) is 0 Å². The molecule has 1 saturated heterocycles. The number of nitrogens with zero attached hydrogens (tertiary/aromatic N) is 4. The summed E-state index contributed by atoms with van der Waals surface area (Å²) in [5, 5.41) is 0.394. The van der Waals surface area contributed by atoms with Crippen LogP contribution < -0.4 is 4.90 Å². The first-order valence-electron chi connectivity index (χ1n) is 4.71.